The van der Waals surface area contributed by atoms with Gasteiger partial charge in [0.2, 0.25) is 0 Å². The van der Waals surface area contributed by atoms with Gasteiger partial charge in [-0.25, -0.2) is 0 Å². The van der Waals surface area contributed by atoms with Gasteiger partial charge in [0.15, 0.2) is 0 Å². The lowest BCUT2D eigenvalue weighted by atomic mass is 10.1. The molecular weight excluding hydrogens is 279 g/mol. The Hall–Kier alpha value is -2.01. The van der Waals surface area contributed by atoms with Gasteiger partial charge >= 0.3 is 6.18 Å². The van der Waals surface area contributed by atoms with Gasteiger partial charge in [0.25, 0.3) is 0 Å². The second-order valence-electron chi connectivity index (χ2n) is 4.54. The van der Waals surface area contributed by atoms with Crippen molar-refractivity contribution in [3.63, 3.8) is 0 Å². The monoisotopic (exact) mass is 295 g/mol. The first-order chi connectivity index (χ1) is 10.0. The molecule has 5 heteroatoms. The molecule has 0 saturated heterocycles. The minimum absolute atomic E-state index is 0.0138. The largest absolute Gasteiger partial charge is 0.411 e. The second-order valence-corrected chi connectivity index (χ2v) is 4.54. The number of ether oxygens (including phenoxy) is 1. The molecule has 2 rings (SSSR count). The summed E-state index contributed by atoms with van der Waals surface area (Å²) in [5.41, 5.74) is 3.07. The Bertz CT molecular complexity index is 538. The molecular formula is C16H16F3NO. The summed E-state index contributed by atoms with van der Waals surface area (Å²) in [5.74, 6) is 0. The summed E-state index contributed by atoms with van der Waals surface area (Å²) in [6.07, 6.45) is -4.27. The number of anilines is 1. The topological polar surface area (TPSA) is 21.3 Å². The van der Waals surface area contributed by atoms with E-state index in [4.69, 9.17) is 0 Å². The van der Waals surface area contributed by atoms with Crippen molar-refractivity contribution >= 4 is 5.69 Å². The summed E-state index contributed by atoms with van der Waals surface area (Å²) >= 11 is 0. The highest BCUT2D eigenvalue weighted by Gasteiger charge is 2.27. The van der Waals surface area contributed by atoms with Crippen molar-refractivity contribution < 1.29 is 17.9 Å². The molecule has 21 heavy (non-hydrogen) atoms. The molecule has 0 aliphatic carbocycles. The van der Waals surface area contributed by atoms with Gasteiger partial charge < -0.3 is 10.1 Å². The van der Waals surface area contributed by atoms with Gasteiger partial charge in [-0.1, -0.05) is 42.5 Å². The Morgan fingerprint density at radius 3 is 2.10 bits per heavy atom. The molecule has 2 aromatic rings. The lowest BCUT2D eigenvalue weighted by molar-refractivity contribution is -0.172. The van der Waals surface area contributed by atoms with Gasteiger partial charge in [-0.3, -0.25) is 0 Å². The molecule has 1 N–H and O–H groups in total. The molecule has 0 unspecified atom stereocenters. The van der Waals surface area contributed by atoms with Crippen molar-refractivity contribution in [2.24, 2.45) is 0 Å². The molecule has 112 valence electrons. The quantitative estimate of drug-likeness (QED) is 0.800. The predicted octanol–water partition coefficient (Wildman–Crippen LogP) is 4.34. The fraction of sp³-hybridized carbons (Fsp3) is 0.250. The first-order valence-corrected chi connectivity index (χ1v) is 6.58. The van der Waals surface area contributed by atoms with E-state index in [1.807, 2.05) is 54.6 Å². The SMILES string of the molecule is FC(F)(F)COCCNc1ccc(-c2ccccc2)cc1. The van der Waals surface area contributed by atoms with E-state index in [0.717, 1.165) is 16.8 Å². The predicted molar refractivity (Wildman–Crippen MR) is 77.2 cm³/mol. The molecule has 2 aromatic carbocycles. The van der Waals surface area contributed by atoms with Crippen LogP contribution in [0.5, 0.6) is 0 Å². The molecule has 0 aliphatic heterocycles. The molecule has 0 radical (unpaired) electrons. The van der Waals surface area contributed by atoms with E-state index >= 15 is 0 Å². The van der Waals surface area contributed by atoms with Crippen LogP contribution in [0.4, 0.5) is 18.9 Å². The van der Waals surface area contributed by atoms with E-state index in [9.17, 15) is 13.2 Å². The Labute approximate surface area is 121 Å². The number of hydrogen-bond acceptors (Lipinski definition) is 2. The average molecular weight is 295 g/mol. The van der Waals surface area contributed by atoms with Crippen molar-refractivity contribution in [2.75, 3.05) is 25.1 Å². The number of alkyl halides is 3. The molecule has 0 spiro atoms. The molecule has 0 aromatic heterocycles. The van der Waals surface area contributed by atoms with E-state index in [1.165, 1.54) is 0 Å². The smallest absolute Gasteiger partial charge is 0.383 e. The molecule has 2 nitrogen and oxygen atoms in total. The molecule has 0 fully saturated rings. The van der Waals surface area contributed by atoms with E-state index in [1.54, 1.807) is 0 Å². The van der Waals surface area contributed by atoms with Gasteiger partial charge in [0.1, 0.15) is 6.61 Å². The highest BCUT2D eigenvalue weighted by molar-refractivity contribution is 5.65. The van der Waals surface area contributed by atoms with Crippen LogP contribution in [0.2, 0.25) is 0 Å². The number of rotatable bonds is 6. The Morgan fingerprint density at radius 1 is 0.857 bits per heavy atom. The third-order valence-corrected chi connectivity index (χ3v) is 2.83. The van der Waals surface area contributed by atoms with Gasteiger partial charge in [-0.05, 0) is 23.3 Å². The molecule has 0 amide bonds. The highest BCUT2D eigenvalue weighted by Crippen LogP contribution is 2.20. The van der Waals surface area contributed by atoms with Gasteiger partial charge in [-0.15, -0.1) is 0 Å². The van der Waals surface area contributed by atoms with Crippen LogP contribution >= 0.6 is 0 Å². The molecule has 0 bridgehead atoms. The summed E-state index contributed by atoms with van der Waals surface area (Å²) in [6.45, 7) is -0.859. The van der Waals surface area contributed by atoms with Crippen LogP contribution < -0.4 is 5.32 Å². The maximum Gasteiger partial charge on any atom is 0.411 e. The van der Waals surface area contributed by atoms with Gasteiger partial charge in [0.05, 0.1) is 6.61 Å². The van der Waals surface area contributed by atoms with Gasteiger partial charge in [0, 0.05) is 12.2 Å². The van der Waals surface area contributed by atoms with Crippen molar-refractivity contribution in [1.29, 1.82) is 0 Å². The molecule has 0 aliphatic rings. The van der Waals surface area contributed by atoms with Gasteiger partial charge in [-0.2, -0.15) is 13.2 Å². The van der Waals surface area contributed by atoms with Crippen LogP contribution in [0.3, 0.4) is 0 Å². The lowest BCUT2D eigenvalue weighted by Crippen LogP contribution is -2.20. The van der Waals surface area contributed by atoms with Crippen LogP contribution in [0.15, 0.2) is 54.6 Å². The van der Waals surface area contributed by atoms with E-state index < -0.39 is 12.8 Å². The van der Waals surface area contributed by atoms with Crippen LogP contribution in [0.25, 0.3) is 11.1 Å². The third-order valence-electron chi connectivity index (χ3n) is 2.83. The standard InChI is InChI=1S/C16H16F3NO/c17-16(18,19)12-21-11-10-20-15-8-6-14(7-9-15)13-4-2-1-3-5-13/h1-9,20H,10-12H2. The molecule has 0 atom stereocenters. The summed E-state index contributed by atoms with van der Waals surface area (Å²) in [6, 6.07) is 17.7. The molecule has 0 heterocycles. The summed E-state index contributed by atoms with van der Waals surface area (Å²) in [7, 11) is 0. The fourth-order valence-corrected chi connectivity index (χ4v) is 1.87. The Kier molecular flexibility index (Phi) is 5.22. The second kappa shape index (κ2) is 7.13. The Balaban J connectivity index is 1.78. The van der Waals surface area contributed by atoms with Crippen molar-refractivity contribution in [1.82, 2.24) is 0 Å². The van der Waals surface area contributed by atoms with Crippen LogP contribution in [0.1, 0.15) is 0 Å². The minimum atomic E-state index is -4.27. The number of halogens is 3. The van der Waals surface area contributed by atoms with Crippen molar-refractivity contribution in [3.8, 4) is 11.1 Å². The van der Waals surface area contributed by atoms with E-state index in [0.29, 0.717) is 6.54 Å². The van der Waals surface area contributed by atoms with Crippen LogP contribution in [-0.2, 0) is 4.74 Å². The summed E-state index contributed by atoms with van der Waals surface area (Å²) in [4.78, 5) is 0. The lowest BCUT2D eigenvalue weighted by Gasteiger charge is -2.10. The molecule has 0 saturated carbocycles. The van der Waals surface area contributed by atoms with Crippen molar-refractivity contribution in [3.05, 3.63) is 54.6 Å². The maximum absolute atomic E-state index is 11.9. The highest BCUT2D eigenvalue weighted by atomic mass is 19.4. The first kappa shape index (κ1) is 15.4. The summed E-state index contributed by atoms with van der Waals surface area (Å²) in [5, 5.41) is 3.02. The zero-order valence-electron chi connectivity index (χ0n) is 11.4. The third kappa shape index (κ3) is 5.47. The number of hydrogen-bond donors (Lipinski definition) is 1. The zero-order valence-corrected chi connectivity index (χ0v) is 11.4. The zero-order chi connectivity index (χ0) is 15.1. The normalized spacial score (nSPS) is 11.4. The van der Waals surface area contributed by atoms with Crippen LogP contribution in [-0.4, -0.2) is 25.9 Å². The van der Waals surface area contributed by atoms with Crippen LogP contribution in [0, 0.1) is 0 Å². The summed E-state index contributed by atoms with van der Waals surface area (Å²) < 4.78 is 40.1. The van der Waals surface area contributed by atoms with E-state index in [-0.39, 0.29) is 6.61 Å². The Morgan fingerprint density at radius 2 is 1.48 bits per heavy atom. The number of benzene rings is 2. The minimum Gasteiger partial charge on any atom is -0.383 e. The fourth-order valence-electron chi connectivity index (χ4n) is 1.87. The van der Waals surface area contributed by atoms with E-state index in [2.05, 4.69) is 10.1 Å². The number of nitrogens with one attached hydrogen (secondary N) is 1. The first-order valence-electron chi connectivity index (χ1n) is 6.58. The average Bonchev–Trinajstić information content (AvgIpc) is 2.47. The maximum atomic E-state index is 11.9. The van der Waals surface area contributed by atoms with Crippen molar-refractivity contribution in [2.45, 2.75) is 6.18 Å².